The van der Waals surface area contributed by atoms with Gasteiger partial charge < -0.3 is 19.9 Å². The van der Waals surface area contributed by atoms with Gasteiger partial charge in [-0.3, -0.25) is 9.69 Å². The SMILES string of the molecule is COCNC(=O)[C@@H]1C[C@@H](SCc2ccc(OC)cc2)CN1C(=O)O. The van der Waals surface area contributed by atoms with Gasteiger partial charge in [-0.15, -0.1) is 0 Å². The number of nitrogens with one attached hydrogen (secondary N) is 1. The fraction of sp³-hybridized carbons (Fsp3) is 0.500. The van der Waals surface area contributed by atoms with E-state index in [0.717, 1.165) is 17.1 Å². The molecule has 2 N–H and O–H groups in total. The third-order valence-corrected chi connectivity index (χ3v) is 5.16. The van der Waals surface area contributed by atoms with Crippen LogP contribution in [0.1, 0.15) is 12.0 Å². The molecule has 2 atom stereocenters. The molecule has 1 aliphatic rings. The number of carbonyl (C=O) groups excluding carboxylic acids is 1. The lowest BCUT2D eigenvalue weighted by Gasteiger charge is -2.20. The van der Waals surface area contributed by atoms with Gasteiger partial charge in [0.05, 0.1) is 7.11 Å². The topological polar surface area (TPSA) is 88.1 Å². The minimum atomic E-state index is -1.07. The number of ether oxygens (including phenoxy) is 2. The summed E-state index contributed by atoms with van der Waals surface area (Å²) in [5, 5.41) is 12.0. The number of carboxylic acid groups (broad SMARTS) is 1. The number of methoxy groups -OCH3 is 2. The smallest absolute Gasteiger partial charge is 0.408 e. The maximum atomic E-state index is 12.1. The predicted molar refractivity (Wildman–Crippen MR) is 91.2 cm³/mol. The summed E-state index contributed by atoms with van der Waals surface area (Å²) >= 11 is 1.66. The molecule has 1 fully saturated rings. The lowest BCUT2D eigenvalue weighted by atomic mass is 10.2. The molecule has 0 saturated carbocycles. The highest BCUT2D eigenvalue weighted by atomic mass is 32.2. The van der Waals surface area contributed by atoms with Gasteiger partial charge in [-0.2, -0.15) is 11.8 Å². The van der Waals surface area contributed by atoms with Crippen molar-refractivity contribution in [2.75, 3.05) is 27.5 Å². The first-order valence-corrected chi connectivity index (χ1v) is 8.60. The molecule has 132 valence electrons. The van der Waals surface area contributed by atoms with Crippen molar-refractivity contribution in [3.63, 3.8) is 0 Å². The molecule has 1 aromatic carbocycles. The summed E-state index contributed by atoms with van der Waals surface area (Å²) in [6.45, 7) is 0.424. The second kappa shape index (κ2) is 8.79. The van der Waals surface area contributed by atoms with Crippen LogP contribution in [0.25, 0.3) is 0 Å². The van der Waals surface area contributed by atoms with Crippen LogP contribution in [0.15, 0.2) is 24.3 Å². The Bertz CT molecular complexity index is 566. The molecule has 0 spiro atoms. The monoisotopic (exact) mass is 354 g/mol. The number of rotatable bonds is 7. The lowest BCUT2D eigenvalue weighted by molar-refractivity contribution is -0.126. The second-order valence-corrected chi connectivity index (χ2v) is 6.73. The average Bonchev–Trinajstić information content (AvgIpc) is 3.03. The molecule has 7 nitrogen and oxygen atoms in total. The largest absolute Gasteiger partial charge is 0.497 e. The third kappa shape index (κ3) is 4.78. The molecule has 2 rings (SSSR count). The summed E-state index contributed by atoms with van der Waals surface area (Å²) in [6, 6.07) is 7.10. The first-order chi connectivity index (χ1) is 11.5. The summed E-state index contributed by atoms with van der Waals surface area (Å²) in [5.41, 5.74) is 1.13. The molecule has 2 amide bonds. The standard InChI is InChI=1S/C16H22N2O5S/c1-22-10-17-15(19)14-7-13(8-18(14)16(20)21)24-9-11-3-5-12(23-2)6-4-11/h3-6,13-14H,7-10H2,1-2H3,(H,17,19)(H,20,21)/t13-,14+/m1/s1. The zero-order valence-electron chi connectivity index (χ0n) is 13.7. The Labute approximate surface area is 145 Å². The van der Waals surface area contributed by atoms with Crippen LogP contribution in [0.5, 0.6) is 5.75 Å². The number of likely N-dealkylation sites (tertiary alicyclic amines) is 1. The number of benzene rings is 1. The Morgan fingerprint density at radius 3 is 2.62 bits per heavy atom. The molecule has 24 heavy (non-hydrogen) atoms. The molecule has 8 heteroatoms. The molecule has 1 heterocycles. The van der Waals surface area contributed by atoms with Gasteiger partial charge >= 0.3 is 6.09 Å². The van der Waals surface area contributed by atoms with Crippen molar-refractivity contribution in [2.45, 2.75) is 23.5 Å². The molecule has 0 aliphatic carbocycles. The summed E-state index contributed by atoms with van der Waals surface area (Å²) in [5.74, 6) is 1.25. The van der Waals surface area contributed by atoms with E-state index in [4.69, 9.17) is 9.47 Å². The van der Waals surface area contributed by atoms with Gasteiger partial charge in [-0.1, -0.05) is 12.1 Å². The Morgan fingerprint density at radius 2 is 2.04 bits per heavy atom. The zero-order chi connectivity index (χ0) is 17.5. The fourth-order valence-electron chi connectivity index (χ4n) is 2.58. The highest BCUT2D eigenvalue weighted by molar-refractivity contribution is 7.99. The van der Waals surface area contributed by atoms with E-state index in [-0.39, 0.29) is 17.9 Å². The molecule has 0 aromatic heterocycles. The zero-order valence-corrected chi connectivity index (χ0v) is 14.5. The highest BCUT2D eigenvalue weighted by Crippen LogP contribution is 2.30. The first kappa shape index (κ1) is 18.4. The number of hydrogen-bond acceptors (Lipinski definition) is 5. The van der Waals surface area contributed by atoms with Gasteiger partial charge in [0.2, 0.25) is 5.91 Å². The van der Waals surface area contributed by atoms with Gasteiger partial charge in [-0.05, 0) is 24.1 Å². The van der Waals surface area contributed by atoms with Crippen molar-refractivity contribution in [3.8, 4) is 5.75 Å². The predicted octanol–water partition coefficient (Wildman–Crippen LogP) is 1.77. The quantitative estimate of drug-likeness (QED) is 0.726. The van der Waals surface area contributed by atoms with E-state index < -0.39 is 12.1 Å². The van der Waals surface area contributed by atoms with E-state index in [0.29, 0.717) is 13.0 Å². The minimum absolute atomic E-state index is 0.0758. The van der Waals surface area contributed by atoms with Crippen molar-refractivity contribution >= 4 is 23.8 Å². The van der Waals surface area contributed by atoms with E-state index in [9.17, 15) is 14.7 Å². The van der Waals surface area contributed by atoms with E-state index in [1.54, 1.807) is 18.9 Å². The summed E-state index contributed by atoms with van der Waals surface area (Å²) in [7, 11) is 3.09. The van der Waals surface area contributed by atoms with Crippen molar-refractivity contribution in [1.29, 1.82) is 0 Å². The molecular formula is C16H22N2O5S. The molecule has 1 aliphatic heterocycles. The van der Waals surface area contributed by atoms with E-state index in [1.807, 2.05) is 24.3 Å². The second-order valence-electron chi connectivity index (χ2n) is 5.44. The first-order valence-electron chi connectivity index (χ1n) is 7.56. The number of thioether (sulfide) groups is 1. The van der Waals surface area contributed by atoms with Crippen molar-refractivity contribution in [2.24, 2.45) is 0 Å². The maximum Gasteiger partial charge on any atom is 0.408 e. The summed E-state index contributed by atoms with van der Waals surface area (Å²) in [6.07, 6.45) is -0.567. The average molecular weight is 354 g/mol. The van der Waals surface area contributed by atoms with Crippen LogP contribution in [0.3, 0.4) is 0 Å². The molecule has 1 saturated heterocycles. The maximum absolute atomic E-state index is 12.1. The lowest BCUT2D eigenvalue weighted by Crippen LogP contribution is -2.45. The van der Waals surface area contributed by atoms with Crippen LogP contribution in [-0.2, 0) is 15.3 Å². The Balaban J connectivity index is 1.91. The van der Waals surface area contributed by atoms with Gasteiger partial charge in [0.15, 0.2) is 0 Å². The Morgan fingerprint density at radius 1 is 1.33 bits per heavy atom. The molecule has 0 bridgehead atoms. The third-order valence-electron chi connectivity index (χ3n) is 3.85. The van der Waals surface area contributed by atoms with E-state index in [1.165, 1.54) is 12.0 Å². The normalized spacial score (nSPS) is 20.0. The molecule has 0 unspecified atom stereocenters. The van der Waals surface area contributed by atoms with Gasteiger partial charge in [0, 0.05) is 24.7 Å². The van der Waals surface area contributed by atoms with Crippen LogP contribution >= 0.6 is 11.8 Å². The van der Waals surface area contributed by atoms with Gasteiger partial charge in [0.1, 0.15) is 18.5 Å². The van der Waals surface area contributed by atoms with E-state index >= 15 is 0 Å². The van der Waals surface area contributed by atoms with E-state index in [2.05, 4.69) is 5.32 Å². The fourth-order valence-corrected chi connectivity index (χ4v) is 3.78. The Hall–Kier alpha value is -1.93. The number of carbonyl (C=O) groups is 2. The Kier molecular flexibility index (Phi) is 6.74. The summed E-state index contributed by atoms with van der Waals surface area (Å²) in [4.78, 5) is 24.7. The summed E-state index contributed by atoms with van der Waals surface area (Å²) < 4.78 is 9.93. The number of nitrogens with zero attached hydrogens (tertiary/aromatic N) is 1. The molecule has 1 aromatic rings. The minimum Gasteiger partial charge on any atom is -0.497 e. The number of amides is 2. The van der Waals surface area contributed by atoms with Crippen LogP contribution < -0.4 is 10.1 Å². The number of hydrogen-bond donors (Lipinski definition) is 2. The van der Waals surface area contributed by atoms with Gasteiger partial charge in [0.25, 0.3) is 0 Å². The van der Waals surface area contributed by atoms with Crippen LogP contribution in [0.2, 0.25) is 0 Å². The van der Waals surface area contributed by atoms with Crippen molar-refractivity contribution < 1.29 is 24.2 Å². The van der Waals surface area contributed by atoms with Crippen LogP contribution in [-0.4, -0.2) is 60.8 Å². The van der Waals surface area contributed by atoms with Crippen molar-refractivity contribution in [1.82, 2.24) is 10.2 Å². The van der Waals surface area contributed by atoms with Crippen molar-refractivity contribution in [3.05, 3.63) is 29.8 Å². The van der Waals surface area contributed by atoms with Gasteiger partial charge in [-0.25, -0.2) is 4.79 Å². The molecule has 0 radical (unpaired) electrons. The highest BCUT2D eigenvalue weighted by Gasteiger charge is 2.39. The van der Waals surface area contributed by atoms with Crippen LogP contribution in [0.4, 0.5) is 4.79 Å². The molecular weight excluding hydrogens is 332 g/mol. The van der Waals surface area contributed by atoms with Crippen LogP contribution in [0, 0.1) is 0 Å².